The summed E-state index contributed by atoms with van der Waals surface area (Å²) in [7, 11) is -3.20. The molecule has 3 rings (SSSR count). The molecule has 1 saturated heterocycles. The molecule has 27 heavy (non-hydrogen) atoms. The molecule has 0 unspecified atom stereocenters. The van der Waals surface area contributed by atoms with Crippen molar-refractivity contribution in [3.05, 3.63) is 36.7 Å². The fourth-order valence-electron chi connectivity index (χ4n) is 3.04. The average molecular weight is 391 g/mol. The maximum Gasteiger partial charge on any atom is 0.216 e. The van der Waals surface area contributed by atoms with Crippen molar-refractivity contribution in [1.82, 2.24) is 14.3 Å². The van der Waals surface area contributed by atoms with Crippen LogP contribution in [0, 0.1) is 0 Å². The first-order chi connectivity index (χ1) is 12.9. The van der Waals surface area contributed by atoms with Crippen molar-refractivity contribution in [2.75, 3.05) is 37.7 Å². The first-order valence-electron chi connectivity index (χ1n) is 9.21. The largest absolute Gasteiger partial charge is 0.494 e. The number of benzene rings is 1. The summed E-state index contributed by atoms with van der Waals surface area (Å²) >= 11 is 0. The van der Waals surface area contributed by atoms with Gasteiger partial charge < -0.3 is 9.64 Å². The van der Waals surface area contributed by atoms with Crippen LogP contribution in [0.4, 0.5) is 5.82 Å². The van der Waals surface area contributed by atoms with Crippen LogP contribution >= 0.6 is 0 Å². The van der Waals surface area contributed by atoms with Gasteiger partial charge in [-0.2, -0.15) is 4.31 Å². The highest BCUT2D eigenvalue weighted by Gasteiger charge is 2.29. The first kappa shape index (κ1) is 19.6. The summed E-state index contributed by atoms with van der Waals surface area (Å²) in [5.74, 6) is 1.65. The smallest absolute Gasteiger partial charge is 0.216 e. The molecule has 146 valence electrons. The lowest BCUT2D eigenvalue weighted by molar-refractivity contribution is 0.340. The lowest BCUT2D eigenvalue weighted by Gasteiger charge is -2.35. The van der Waals surface area contributed by atoms with Gasteiger partial charge in [-0.3, -0.25) is 0 Å². The minimum Gasteiger partial charge on any atom is -0.494 e. The summed E-state index contributed by atoms with van der Waals surface area (Å²) in [6, 6.07) is 9.75. The molecule has 1 aromatic heterocycles. The van der Waals surface area contributed by atoms with E-state index < -0.39 is 15.3 Å². The second-order valence-electron chi connectivity index (χ2n) is 6.70. The molecule has 8 heteroatoms. The fourth-order valence-corrected chi connectivity index (χ4v) is 4.30. The summed E-state index contributed by atoms with van der Waals surface area (Å²) in [6.07, 6.45) is 1.55. The van der Waals surface area contributed by atoms with Gasteiger partial charge in [0.1, 0.15) is 17.9 Å². The van der Waals surface area contributed by atoms with Crippen LogP contribution in [-0.2, 0) is 10.0 Å². The molecule has 1 fully saturated rings. The van der Waals surface area contributed by atoms with Gasteiger partial charge in [-0.1, -0.05) is 0 Å². The molecule has 1 aromatic carbocycles. The minimum absolute atomic E-state index is 0.394. The van der Waals surface area contributed by atoms with Crippen molar-refractivity contribution in [3.8, 4) is 17.0 Å². The molecule has 0 radical (unpaired) electrons. The Kier molecular flexibility index (Phi) is 5.96. The number of hydrogen-bond donors (Lipinski definition) is 0. The predicted molar refractivity (Wildman–Crippen MR) is 106 cm³/mol. The molecule has 0 spiro atoms. The van der Waals surface area contributed by atoms with Crippen LogP contribution in [0.15, 0.2) is 36.7 Å². The molecule has 1 aliphatic rings. The Hall–Kier alpha value is -2.19. The van der Waals surface area contributed by atoms with Crippen LogP contribution in [0.2, 0.25) is 0 Å². The summed E-state index contributed by atoms with van der Waals surface area (Å²) in [5.41, 5.74) is 1.82. The minimum atomic E-state index is -3.20. The van der Waals surface area contributed by atoms with E-state index in [-0.39, 0.29) is 0 Å². The van der Waals surface area contributed by atoms with Crippen LogP contribution in [0.25, 0.3) is 11.3 Å². The van der Waals surface area contributed by atoms with Gasteiger partial charge in [-0.15, -0.1) is 0 Å². The third kappa shape index (κ3) is 4.39. The summed E-state index contributed by atoms with van der Waals surface area (Å²) in [5, 5.41) is -0.394. The number of anilines is 1. The van der Waals surface area contributed by atoms with Crippen LogP contribution < -0.4 is 9.64 Å². The zero-order valence-corrected chi connectivity index (χ0v) is 16.8. The number of ether oxygens (including phenoxy) is 1. The van der Waals surface area contributed by atoms with Gasteiger partial charge in [0.05, 0.1) is 17.6 Å². The van der Waals surface area contributed by atoms with Gasteiger partial charge in [0.15, 0.2) is 0 Å². The van der Waals surface area contributed by atoms with Gasteiger partial charge >= 0.3 is 0 Å². The highest BCUT2D eigenvalue weighted by atomic mass is 32.2. The van der Waals surface area contributed by atoms with E-state index in [1.165, 1.54) is 0 Å². The summed E-state index contributed by atoms with van der Waals surface area (Å²) in [6.45, 7) is 8.21. The molecule has 7 nitrogen and oxygen atoms in total. The van der Waals surface area contributed by atoms with E-state index in [2.05, 4.69) is 14.9 Å². The number of rotatable bonds is 6. The SMILES string of the molecule is CCOc1ccc(-c2cc(N3CCN(S(=O)(=O)C(C)C)CC3)ncn2)cc1. The molecule has 2 aromatic rings. The quantitative estimate of drug-likeness (QED) is 0.754. The number of sulfonamides is 1. The van der Waals surface area contributed by atoms with Crippen LogP contribution in [0.3, 0.4) is 0 Å². The Balaban J connectivity index is 1.71. The van der Waals surface area contributed by atoms with Gasteiger partial charge in [0.2, 0.25) is 10.0 Å². The van der Waals surface area contributed by atoms with Crippen molar-refractivity contribution in [2.24, 2.45) is 0 Å². The van der Waals surface area contributed by atoms with Gasteiger partial charge in [-0.05, 0) is 45.0 Å². The maximum absolute atomic E-state index is 12.3. The maximum atomic E-state index is 12.3. The Morgan fingerprint density at radius 3 is 2.33 bits per heavy atom. The number of piperazine rings is 1. The van der Waals surface area contributed by atoms with E-state index in [0.717, 1.165) is 22.8 Å². The van der Waals surface area contributed by atoms with Crippen LogP contribution in [-0.4, -0.2) is 60.7 Å². The highest BCUT2D eigenvalue weighted by molar-refractivity contribution is 7.89. The second kappa shape index (κ2) is 8.22. The average Bonchev–Trinajstić information content (AvgIpc) is 2.69. The Labute approximate surface area is 161 Å². The molecule has 0 aliphatic carbocycles. The Bertz CT molecular complexity index is 861. The van der Waals surface area contributed by atoms with Gasteiger partial charge in [0.25, 0.3) is 0 Å². The van der Waals surface area contributed by atoms with Gasteiger partial charge in [0, 0.05) is 37.8 Å². The predicted octanol–water partition coefficient (Wildman–Crippen LogP) is 2.40. The Morgan fingerprint density at radius 2 is 1.74 bits per heavy atom. The van der Waals surface area contributed by atoms with Crippen LogP contribution in [0.1, 0.15) is 20.8 Å². The lowest BCUT2D eigenvalue weighted by atomic mass is 10.1. The summed E-state index contributed by atoms with van der Waals surface area (Å²) in [4.78, 5) is 10.9. The molecule has 2 heterocycles. The zero-order valence-electron chi connectivity index (χ0n) is 16.0. The summed E-state index contributed by atoms with van der Waals surface area (Å²) < 4.78 is 31.7. The van der Waals surface area contributed by atoms with Gasteiger partial charge in [-0.25, -0.2) is 18.4 Å². The first-order valence-corrected chi connectivity index (χ1v) is 10.7. The third-order valence-electron chi connectivity index (χ3n) is 4.63. The third-order valence-corrected chi connectivity index (χ3v) is 6.91. The number of nitrogens with zero attached hydrogens (tertiary/aromatic N) is 4. The van der Waals surface area contributed by atoms with Crippen molar-refractivity contribution in [2.45, 2.75) is 26.0 Å². The molecular weight excluding hydrogens is 364 g/mol. The van der Waals surface area contributed by atoms with Crippen LogP contribution in [0.5, 0.6) is 5.75 Å². The van der Waals surface area contributed by atoms with E-state index in [1.807, 2.05) is 37.3 Å². The molecule has 0 saturated carbocycles. The van der Waals surface area contributed by atoms with E-state index >= 15 is 0 Å². The number of hydrogen-bond acceptors (Lipinski definition) is 6. The van der Waals surface area contributed by atoms with Crippen molar-refractivity contribution in [3.63, 3.8) is 0 Å². The Morgan fingerprint density at radius 1 is 1.07 bits per heavy atom. The van der Waals surface area contributed by atoms with E-state index in [9.17, 15) is 8.42 Å². The van der Waals surface area contributed by atoms with Crippen molar-refractivity contribution >= 4 is 15.8 Å². The topological polar surface area (TPSA) is 75.6 Å². The standard InChI is InChI=1S/C19H26N4O3S/c1-4-26-17-7-5-16(6-8-17)18-13-19(21-14-20-18)22-9-11-23(12-10-22)27(24,25)15(2)3/h5-8,13-15H,4,9-12H2,1-3H3. The zero-order chi connectivity index (χ0) is 19.4. The number of aromatic nitrogens is 2. The molecule has 0 atom stereocenters. The van der Waals surface area contributed by atoms with E-state index in [4.69, 9.17) is 4.74 Å². The lowest BCUT2D eigenvalue weighted by Crippen LogP contribution is -2.50. The highest BCUT2D eigenvalue weighted by Crippen LogP contribution is 2.24. The molecule has 0 amide bonds. The molecular formula is C19H26N4O3S. The monoisotopic (exact) mass is 390 g/mol. The fraction of sp³-hybridized carbons (Fsp3) is 0.474. The molecule has 0 N–H and O–H groups in total. The molecule has 1 aliphatic heterocycles. The van der Waals surface area contributed by atoms with E-state index in [1.54, 1.807) is 24.5 Å². The molecule has 0 bridgehead atoms. The van der Waals surface area contributed by atoms with Crippen molar-refractivity contribution < 1.29 is 13.2 Å². The normalized spacial score (nSPS) is 15.9. The van der Waals surface area contributed by atoms with E-state index in [0.29, 0.717) is 32.8 Å². The van der Waals surface area contributed by atoms with Crippen molar-refractivity contribution in [1.29, 1.82) is 0 Å². The second-order valence-corrected chi connectivity index (χ2v) is 9.19.